The van der Waals surface area contributed by atoms with Crippen LogP contribution in [0.1, 0.15) is 6.42 Å². The number of nitrogens with two attached hydrogens (primary N) is 1. The van der Waals surface area contributed by atoms with Crippen LogP contribution in [0.3, 0.4) is 0 Å². The number of rotatable bonds is 2. The number of nitro groups is 1. The van der Waals surface area contributed by atoms with Gasteiger partial charge in [-0.3, -0.25) is 14.9 Å². The van der Waals surface area contributed by atoms with E-state index in [0.717, 1.165) is 0 Å². The van der Waals surface area contributed by atoms with Crippen LogP contribution in [0.4, 0.5) is 0 Å². The van der Waals surface area contributed by atoms with Crippen molar-refractivity contribution in [2.75, 3.05) is 0 Å². The third-order valence-corrected chi connectivity index (χ3v) is 1.60. The molecule has 0 saturated heterocycles. The lowest BCUT2D eigenvalue weighted by atomic mass is 10.2. The van der Waals surface area contributed by atoms with Crippen LogP contribution in [0.25, 0.3) is 0 Å². The van der Waals surface area contributed by atoms with Gasteiger partial charge < -0.3 is 5.73 Å². The Balaban J connectivity index is 2.95. The molecule has 1 amide bonds. The maximum absolute atomic E-state index is 10.7. The lowest BCUT2D eigenvalue weighted by Gasteiger charge is -1.89. The quantitative estimate of drug-likeness (QED) is 0.496. The van der Waals surface area contributed by atoms with E-state index in [-0.39, 0.29) is 17.7 Å². The largest absolute Gasteiger partial charge is 0.366 e. The van der Waals surface area contributed by atoms with Gasteiger partial charge in [0.05, 0.1) is 11.3 Å². The standard InChI is InChI=1S/C8H8N2O3/c9-8(11)6-2-1-3-7(5-4-6)10(12)13/h1-2,4-5H,3H2,(H2,9,11). The molecule has 0 spiro atoms. The predicted molar refractivity (Wildman–Crippen MR) is 46.1 cm³/mol. The van der Waals surface area contributed by atoms with Crippen molar-refractivity contribution in [3.05, 3.63) is 45.7 Å². The van der Waals surface area contributed by atoms with Gasteiger partial charge in [0.2, 0.25) is 11.6 Å². The molecule has 5 heteroatoms. The van der Waals surface area contributed by atoms with Crippen LogP contribution in [0.2, 0.25) is 0 Å². The number of allylic oxidation sites excluding steroid dienone is 3. The molecule has 0 bridgehead atoms. The van der Waals surface area contributed by atoms with Crippen molar-refractivity contribution in [1.29, 1.82) is 0 Å². The topological polar surface area (TPSA) is 86.2 Å². The lowest BCUT2D eigenvalue weighted by Crippen LogP contribution is -2.11. The molecule has 0 atom stereocenters. The second-order valence-corrected chi connectivity index (χ2v) is 2.51. The summed E-state index contributed by atoms with van der Waals surface area (Å²) in [5, 5.41) is 10.3. The van der Waals surface area contributed by atoms with Crippen molar-refractivity contribution in [3.63, 3.8) is 0 Å². The molecule has 0 aromatic carbocycles. The van der Waals surface area contributed by atoms with Crippen LogP contribution in [-0.4, -0.2) is 10.8 Å². The number of carbonyl (C=O) groups is 1. The summed E-state index contributed by atoms with van der Waals surface area (Å²) in [7, 11) is 0. The number of amides is 1. The highest BCUT2D eigenvalue weighted by Gasteiger charge is 2.10. The summed E-state index contributed by atoms with van der Waals surface area (Å²) < 4.78 is 0. The first kappa shape index (κ1) is 9.18. The van der Waals surface area contributed by atoms with Crippen LogP contribution in [-0.2, 0) is 4.79 Å². The molecule has 1 aliphatic carbocycles. The smallest absolute Gasteiger partial charge is 0.250 e. The van der Waals surface area contributed by atoms with Gasteiger partial charge in [0.1, 0.15) is 0 Å². The minimum Gasteiger partial charge on any atom is -0.366 e. The highest BCUT2D eigenvalue weighted by Crippen LogP contribution is 2.11. The van der Waals surface area contributed by atoms with Gasteiger partial charge >= 0.3 is 0 Å². The zero-order valence-electron chi connectivity index (χ0n) is 6.77. The van der Waals surface area contributed by atoms with E-state index in [4.69, 9.17) is 5.73 Å². The zero-order chi connectivity index (χ0) is 9.84. The molecule has 2 N–H and O–H groups in total. The second kappa shape index (κ2) is 3.66. The fourth-order valence-electron chi connectivity index (χ4n) is 0.916. The van der Waals surface area contributed by atoms with E-state index in [1.165, 1.54) is 24.3 Å². The minimum absolute atomic E-state index is 0.0486. The Morgan fingerprint density at radius 1 is 1.54 bits per heavy atom. The van der Waals surface area contributed by atoms with E-state index >= 15 is 0 Å². The van der Waals surface area contributed by atoms with Crippen LogP contribution in [0.5, 0.6) is 0 Å². The van der Waals surface area contributed by atoms with E-state index in [2.05, 4.69) is 0 Å². The molecule has 0 heterocycles. The molecule has 13 heavy (non-hydrogen) atoms. The Hall–Kier alpha value is -1.91. The summed E-state index contributed by atoms with van der Waals surface area (Å²) in [5.74, 6) is -0.586. The Bertz CT molecular complexity index is 339. The van der Waals surface area contributed by atoms with E-state index in [0.29, 0.717) is 0 Å². The van der Waals surface area contributed by atoms with E-state index < -0.39 is 10.8 Å². The van der Waals surface area contributed by atoms with E-state index in [1.54, 1.807) is 0 Å². The molecule has 0 aromatic heterocycles. The molecule has 0 radical (unpaired) electrons. The Morgan fingerprint density at radius 2 is 2.23 bits per heavy atom. The van der Waals surface area contributed by atoms with E-state index in [9.17, 15) is 14.9 Å². The summed E-state index contributed by atoms with van der Waals surface area (Å²) in [6.07, 6.45) is 5.87. The van der Waals surface area contributed by atoms with Crippen LogP contribution in [0, 0.1) is 10.1 Å². The van der Waals surface area contributed by atoms with Crippen molar-refractivity contribution in [2.45, 2.75) is 6.42 Å². The van der Waals surface area contributed by atoms with Gasteiger partial charge in [-0.1, -0.05) is 12.2 Å². The summed E-state index contributed by atoms with van der Waals surface area (Å²) in [5.41, 5.74) is 5.32. The van der Waals surface area contributed by atoms with Gasteiger partial charge in [0.25, 0.3) is 0 Å². The molecule has 0 fully saturated rings. The van der Waals surface area contributed by atoms with Crippen molar-refractivity contribution >= 4 is 5.91 Å². The average molecular weight is 180 g/mol. The first-order chi connectivity index (χ1) is 6.11. The van der Waals surface area contributed by atoms with Crippen molar-refractivity contribution in [3.8, 4) is 0 Å². The predicted octanol–water partition coefficient (Wildman–Crippen LogP) is 0.519. The maximum Gasteiger partial charge on any atom is 0.250 e. The molecule has 0 unspecified atom stereocenters. The minimum atomic E-state index is -0.586. The molecule has 0 saturated carbocycles. The Morgan fingerprint density at radius 3 is 2.77 bits per heavy atom. The number of primary amides is 1. The normalized spacial score (nSPS) is 15.7. The summed E-state index contributed by atoms with van der Waals surface area (Å²) in [4.78, 5) is 20.5. The maximum atomic E-state index is 10.7. The van der Waals surface area contributed by atoms with Gasteiger partial charge in [0.15, 0.2) is 0 Å². The number of carbonyl (C=O) groups excluding carboxylic acids is 1. The number of hydrogen-bond acceptors (Lipinski definition) is 3. The summed E-state index contributed by atoms with van der Waals surface area (Å²) >= 11 is 0. The molecule has 0 aliphatic heterocycles. The highest BCUT2D eigenvalue weighted by molar-refractivity contribution is 5.95. The van der Waals surface area contributed by atoms with Gasteiger partial charge in [-0.15, -0.1) is 0 Å². The Labute approximate surface area is 74.4 Å². The average Bonchev–Trinajstić information content (AvgIpc) is 2.27. The molecular formula is C8H8N2O3. The number of nitrogens with zero attached hydrogens (tertiary/aromatic N) is 1. The summed E-state index contributed by atoms with van der Waals surface area (Å²) in [6.45, 7) is 0. The van der Waals surface area contributed by atoms with Crippen molar-refractivity contribution in [1.82, 2.24) is 0 Å². The van der Waals surface area contributed by atoms with E-state index in [1.807, 2.05) is 0 Å². The third-order valence-electron chi connectivity index (χ3n) is 1.60. The van der Waals surface area contributed by atoms with Gasteiger partial charge in [-0.25, -0.2) is 0 Å². The third kappa shape index (κ3) is 2.26. The Kier molecular flexibility index (Phi) is 2.59. The first-order valence-electron chi connectivity index (χ1n) is 3.63. The molecule has 1 aliphatic rings. The van der Waals surface area contributed by atoms with Crippen molar-refractivity contribution in [2.24, 2.45) is 5.73 Å². The monoisotopic (exact) mass is 180 g/mol. The van der Waals surface area contributed by atoms with Crippen LogP contribution >= 0.6 is 0 Å². The number of hydrogen-bond donors (Lipinski definition) is 1. The van der Waals surface area contributed by atoms with Crippen LogP contribution < -0.4 is 5.73 Å². The van der Waals surface area contributed by atoms with Crippen LogP contribution in [0.15, 0.2) is 35.6 Å². The highest BCUT2D eigenvalue weighted by atomic mass is 16.6. The zero-order valence-corrected chi connectivity index (χ0v) is 6.77. The van der Waals surface area contributed by atoms with Gasteiger partial charge in [-0.05, 0) is 6.08 Å². The molecule has 5 nitrogen and oxygen atoms in total. The van der Waals surface area contributed by atoms with Gasteiger partial charge in [-0.2, -0.15) is 0 Å². The molecule has 68 valence electrons. The second-order valence-electron chi connectivity index (χ2n) is 2.51. The van der Waals surface area contributed by atoms with Crippen molar-refractivity contribution < 1.29 is 9.72 Å². The fraction of sp³-hybridized carbons (Fsp3) is 0.125. The first-order valence-corrected chi connectivity index (χ1v) is 3.63. The SMILES string of the molecule is NC(=O)C1=CC=C([N+](=O)[O-])CC=C1. The fourth-order valence-corrected chi connectivity index (χ4v) is 0.916. The molecule has 0 aromatic rings. The lowest BCUT2D eigenvalue weighted by molar-refractivity contribution is -0.426. The summed E-state index contributed by atoms with van der Waals surface area (Å²) in [6, 6.07) is 0. The molecular weight excluding hydrogens is 172 g/mol. The molecule has 1 rings (SSSR count). The van der Waals surface area contributed by atoms with Gasteiger partial charge in [0, 0.05) is 11.6 Å².